The Bertz CT molecular complexity index is 737. The summed E-state index contributed by atoms with van der Waals surface area (Å²) in [4.78, 5) is 33.9. The maximum atomic E-state index is 12.5. The molecule has 6 heteroatoms. The van der Waals surface area contributed by atoms with Crippen molar-refractivity contribution in [3.8, 4) is 0 Å². The first kappa shape index (κ1) is 16.1. The molecular weight excluding hydrogens is 304 g/mol. The van der Waals surface area contributed by atoms with Gasteiger partial charge in [0, 0.05) is 30.4 Å². The number of carbonyl (C=O) groups is 2. The lowest BCUT2D eigenvalue weighted by Gasteiger charge is -2.26. The summed E-state index contributed by atoms with van der Waals surface area (Å²) in [5.74, 6) is 0.533. The summed E-state index contributed by atoms with van der Waals surface area (Å²) in [6, 6.07) is 8.79. The van der Waals surface area contributed by atoms with Gasteiger partial charge in [0.1, 0.15) is 17.8 Å². The van der Waals surface area contributed by atoms with Crippen molar-refractivity contribution in [2.24, 2.45) is 0 Å². The molecule has 1 aliphatic rings. The van der Waals surface area contributed by atoms with Gasteiger partial charge in [-0.15, -0.1) is 0 Å². The first-order chi connectivity index (χ1) is 11.6. The molecule has 0 bridgehead atoms. The molecule has 1 fully saturated rings. The van der Waals surface area contributed by atoms with Gasteiger partial charge >= 0.3 is 0 Å². The molecule has 1 amide bonds. The van der Waals surface area contributed by atoms with Gasteiger partial charge < -0.3 is 10.2 Å². The quantitative estimate of drug-likeness (QED) is 0.875. The molecule has 3 rings (SSSR count). The molecule has 124 valence electrons. The summed E-state index contributed by atoms with van der Waals surface area (Å²) in [7, 11) is 0. The number of carbonyl (C=O) groups excluding carboxylic acids is 2. The summed E-state index contributed by atoms with van der Waals surface area (Å²) in [6.07, 6.45) is 4.66. The monoisotopic (exact) mass is 324 g/mol. The summed E-state index contributed by atoms with van der Waals surface area (Å²) in [5.41, 5.74) is 1.86. The van der Waals surface area contributed by atoms with Gasteiger partial charge in [-0.3, -0.25) is 9.59 Å². The largest absolute Gasteiger partial charge is 0.340 e. The highest BCUT2D eigenvalue weighted by Gasteiger charge is 2.19. The van der Waals surface area contributed by atoms with E-state index >= 15 is 0 Å². The summed E-state index contributed by atoms with van der Waals surface area (Å²) < 4.78 is 0. The van der Waals surface area contributed by atoms with Gasteiger partial charge in [0.05, 0.1) is 0 Å². The van der Waals surface area contributed by atoms with Gasteiger partial charge in [-0.05, 0) is 50.5 Å². The maximum Gasteiger partial charge on any atom is 0.272 e. The molecule has 0 saturated carbocycles. The number of aromatic nitrogens is 2. The van der Waals surface area contributed by atoms with Crippen molar-refractivity contribution >= 4 is 23.2 Å². The first-order valence-corrected chi connectivity index (χ1v) is 8.13. The van der Waals surface area contributed by atoms with Crippen LogP contribution in [0.25, 0.3) is 0 Å². The van der Waals surface area contributed by atoms with Crippen LogP contribution in [0.2, 0.25) is 0 Å². The lowest BCUT2D eigenvalue weighted by Crippen LogP contribution is -2.36. The number of piperidine rings is 1. The molecule has 1 aromatic heterocycles. The number of ketones is 1. The van der Waals surface area contributed by atoms with E-state index in [0.717, 1.165) is 31.6 Å². The Hall–Kier alpha value is -2.76. The van der Waals surface area contributed by atoms with Crippen LogP contribution in [-0.4, -0.2) is 39.6 Å². The van der Waals surface area contributed by atoms with Gasteiger partial charge in [0.2, 0.25) is 0 Å². The molecule has 1 aliphatic heterocycles. The van der Waals surface area contributed by atoms with Crippen LogP contribution >= 0.6 is 0 Å². The second-order valence-electron chi connectivity index (χ2n) is 5.90. The van der Waals surface area contributed by atoms with Crippen LogP contribution in [0.15, 0.2) is 36.7 Å². The molecule has 2 aromatic rings. The molecule has 2 heterocycles. The van der Waals surface area contributed by atoms with Crippen LogP contribution in [0.4, 0.5) is 11.5 Å². The first-order valence-electron chi connectivity index (χ1n) is 8.13. The van der Waals surface area contributed by atoms with Crippen molar-refractivity contribution in [3.05, 3.63) is 47.9 Å². The van der Waals surface area contributed by atoms with E-state index in [-0.39, 0.29) is 11.7 Å². The van der Waals surface area contributed by atoms with E-state index in [2.05, 4.69) is 15.3 Å². The number of nitrogens with one attached hydrogen (secondary N) is 1. The van der Waals surface area contributed by atoms with Gasteiger partial charge in [0.25, 0.3) is 5.91 Å². The van der Waals surface area contributed by atoms with Gasteiger partial charge in [-0.1, -0.05) is 0 Å². The number of rotatable bonds is 4. The third-order valence-corrected chi connectivity index (χ3v) is 4.09. The molecule has 1 aromatic carbocycles. The van der Waals surface area contributed by atoms with Crippen molar-refractivity contribution in [3.63, 3.8) is 0 Å². The van der Waals surface area contributed by atoms with E-state index in [1.54, 1.807) is 18.2 Å². The number of hydrogen-bond donors (Lipinski definition) is 1. The number of Topliss-reactive ketones (excluding diaryl/α,β-unsaturated/α-hetero) is 1. The average Bonchev–Trinajstić information content (AvgIpc) is 2.62. The lowest BCUT2D eigenvalue weighted by molar-refractivity contribution is 0.0718. The van der Waals surface area contributed by atoms with E-state index < -0.39 is 0 Å². The number of amides is 1. The summed E-state index contributed by atoms with van der Waals surface area (Å²) >= 11 is 0. The van der Waals surface area contributed by atoms with Gasteiger partial charge in [-0.2, -0.15) is 0 Å². The average molecular weight is 324 g/mol. The Kier molecular flexibility index (Phi) is 4.84. The van der Waals surface area contributed by atoms with Crippen LogP contribution in [-0.2, 0) is 0 Å². The minimum absolute atomic E-state index is 0.0259. The smallest absolute Gasteiger partial charge is 0.272 e. The third-order valence-electron chi connectivity index (χ3n) is 4.09. The Balaban J connectivity index is 1.72. The fraction of sp³-hybridized carbons (Fsp3) is 0.333. The molecule has 0 atom stereocenters. The molecule has 0 unspecified atom stereocenters. The van der Waals surface area contributed by atoms with Crippen molar-refractivity contribution in [1.82, 2.24) is 14.9 Å². The highest BCUT2D eigenvalue weighted by molar-refractivity contribution is 5.94. The second kappa shape index (κ2) is 7.21. The number of likely N-dealkylation sites (tertiary alicyclic amines) is 1. The SMILES string of the molecule is CC(=O)c1ccc(Nc2cc(C(=O)N3CCCCC3)ncn2)cc1. The van der Waals surface area contributed by atoms with Crippen molar-refractivity contribution in [2.75, 3.05) is 18.4 Å². The lowest BCUT2D eigenvalue weighted by atomic mass is 10.1. The summed E-state index contributed by atoms with van der Waals surface area (Å²) in [6.45, 7) is 3.11. The summed E-state index contributed by atoms with van der Waals surface area (Å²) in [5, 5.41) is 3.14. The van der Waals surface area contributed by atoms with E-state index in [0.29, 0.717) is 17.1 Å². The molecule has 0 spiro atoms. The van der Waals surface area contributed by atoms with Gasteiger partial charge in [-0.25, -0.2) is 9.97 Å². The molecule has 1 N–H and O–H groups in total. The molecule has 24 heavy (non-hydrogen) atoms. The van der Waals surface area contributed by atoms with Crippen molar-refractivity contribution in [1.29, 1.82) is 0 Å². The Morgan fingerprint density at radius 1 is 1.04 bits per heavy atom. The fourth-order valence-electron chi connectivity index (χ4n) is 2.74. The normalized spacial score (nSPS) is 14.3. The fourth-order valence-corrected chi connectivity index (χ4v) is 2.74. The van der Waals surface area contributed by atoms with Crippen LogP contribution in [0.5, 0.6) is 0 Å². The van der Waals surface area contributed by atoms with Crippen LogP contribution < -0.4 is 5.32 Å². The van der Waals surface area contributed by atoms with E-state index in [1.807, 2.05) is 17.0 Å². The van der Waals surface area contributed by atoms with Crippen LogP contribution in [0, 0.1) is 0 Å². The zero-order chi connectivity index (χ0) is 16.9. The van der Waals surface area contributed by atoms with Crippen molar-refractivity contribution in [2.45, 2.75) is 26.2 Å². The zero-order valence-electron chi connectivity index (χ0n) is 13.7. The Morgan fingerprint density at radius 2 is 1.75 bits per heavy atom. The Labute approximate surface area is 140 Å². The highest BCUT2D eigenvalue weighted by Crippen LogP contribution is 2.17. The second-order valence-corrected chi connectivity index (χ2v) is 5.90. The highest BCUT2D eigenvalue weighted by atomic mass is 16.2. The predicted octanol–water partition coefficient (Wildman–Crippen LogP) is 3.05. The minimum atomic E-state index is -0.0490. The van der Waals surface area contributed by atoms with Crippen LogP contribution in [0.1, 0.15) is 47.0 Å². The van der Waals surface area contributed by atoms with Gasteiger partial charge in [0.15, 0.2) is 5.78 Å². The molecule has 1 saturated heterocycles. The van der Waals surface area contributed by atoms with E-state index in [4.69, 9.17) is 0 Å². The molecule has 0 radical (unpaired) electrons. The van der Waals surface area contributed by atoms with Crippen LogP contribution in [0.3, 0.4) is 0 Å². The number of hydrogen-bond acceptors (Lipinski definition) is 5. The number of benzene rings is 1. The standard InChI is InChI=1S/C18H20N4O2/c1-13(23)14-5-7-15(8-6-14)21-17-11-16(19-12-20-17)18(24)22-9-3-2-4-10-22/h5-8,11-12H,2-4,9-10H2,1H3,(H,19,20,21). The zero-order valence-corrected chi connectivity index (χ0v) is 13.7. The van der Waals surface area contributed by atoms with E-state index in [9.17, 15) is 9.59 Å². The maximum absolute atomic E-state index is 12.5. The molecule has 6 nitrogen and oxygen atoms in total. The number of anilines is 2. The molecular formula is C18H20N4O2. The van der Waals surface area contributed by atoms with E-state index in [1.165, 1.54) is 19.7 Å². The van der Waals surface area contributed by atoms with Crippen molar-refractivity contribution < 1.29 is 9.59 Å². The minimum Gasteiger partial charge on any atom is -0.340 e. The predicted molar refractivity (Wildman–Crippen MR) is 91.5 cm³/mol. The topological polar surface area (TPSA) is 75.2 Å². The number of nitrogens with zero attached hydrogens (tertiary/aromatic N) is 3. The Morgan fingerprint density at radius 3 is 2.42 bits per heavy atom. The third kappa shape index (κ3) is 3.76. The molecule has 0 aliphatic carbocycles.